The van der Waals surface area contributed by atoms with E-state index in [-0.39, 0.29) is 17.4 Å². The minimum atomic E-state index is -0.545. The normalized spacial score (nSPS) is 10.8. The van der Waals surface area contributed by atoms with Crippen LogP contribution in [-0.2, 0) is 4.79 Å². The second kappa shape index (κ2) is 11.2. The summed E-state index contributed by atoms with van der Waals surface area (Å²) in [5.74, 6) is -1.20. The smallest absolute Gasteiger partial charge is 0.309 e. The van der Waals surface area contributed by atoms with E-state index < -0.39 is 11.8 Å². The molecule has 1 amide bonds. The molecule has 0 bridgehead atoms. The summed E-state index contributed by atoms with van der Waals surface area (Å²) < 4.78 is 22.4. The molecule has 1 aromatic heterocycles. The molecule has 6 nitrogen and oxygen atoms in total. The lowest BCUT2D eigenvalue weighted by molar-refractivity contribution is -0.132. The van der Waals surface area contributed by atoms with Crippen LogP contribution in [0, 0.1) is 19.7 Å². The molecular weight excluding hydrogens is 529 g/mol. The van der Waals surface area contributed by atoms with Crippen LogP contribution < -0.4 is 10.1 Å². The molecule has 0 fully saturated rings. The monoisotopic (exact) mass is 553 g/mol. The van der Waals surface area contributed by atoms with Gasteiger partial charge in [-0.15, -0.1) is 0 Å². The highest BCUT2D eigenvalue weighted by Crippen LogP contribution is 2.42. The first-order valence-electron chi connectivity index (χ1n) is 12.5. The Bertz CT molecular complexity index is 1750. The zero-order valence-corrected chi connectivity index (χ0v) is 22.8. The van der Waals surface area contributed by atoms with Gasteiger partial charge in [0, 0.05) is 18.2 Å². The van der Waals surface area contributed by atoms with Crippen LogP contribution in [0.5, 0.6) is 5.88 Å². The van der Waals surface area contributed by atoms with Crippen molar-refractivity contribution < 1.29 is 18.7 Å². The molecule has 0 aliphatic rings. The van der Waals surface area contributed by atoms with E-state index in [1.165, 1.54) is 17.7 Å². The third-order valence-corrected chi connectivity index (χ3v) is 6.90. The maximum Gasteiger partial charge on any atom is 0.309 e. The zero-order valence-electron chi connectivity index (χ0n) is 22.0. The highest BCUT2D eigenvalue weighted by Gasteiger charge is 2.26. The summed E-state index contributed by atoms with van der Waals surface area (Å²) >= 11 is 6.17. The Labute approximate surface area is 236 Å². The summed E-state index contributed by atoms with van der Waals surface area (Å²) in [7, 11) is 0. The van der Waals surface area contributed by atoms with Gasteiger partial charge in [0.05, 0.1) is 21.8 Å². The van der Waals surface area contributed by atoms with E-state index in [2.05, 4.69) is 5.32 Å². The fourth-order valence-corrected chi connectivity index (χ4v) is 4.65. The predicted molar refractivity (Wildman–Crippen MR) is 155 cm³/mol. The lowest BCUT2D eigenvalue weighted by Gasteiger charge is -2.13. The van der Waals surface area contributed by atoms with Crippen molar-refractivity contribution in [2.24, 2.45) is 0 Å². The fraction of sp³-hybridized carbons (Fsp3) is 0.0938. The molecule has 0 radical (unpaired) electrons. The first-order chi connectivity index (χ1) is 19.2. The van der Waals surface area contributed by atoms with Gasteiger partial charge in [-0.25, -0.2) is 4.39 Å². The van der Waals surface area contributed by atoms with Crippen LogP contribution in [0.2, 0.25) is 5.02 Å². The van der Waals surface area contributed by atoms with E-state index in [1.54, 1.807) is 66.7 Å². The Kier molecular flexibility index (Phi) is 7.49. The van der Waals surface area contributed by atoms with E-state index in [1.807, 2.05) is 32.0 Å². The number of aromatic nitrogens is 2. The van der Waals surface area contributed by atoms with Crippen molar-refractivity contribution in [3.63, 3.8) is 0 Å². The minimum absolute atomic E-state index is 0.160. The van der Waals surface area contributed by atoms with Crippen molar-refractivity contribution in [3.05, 3.63) is 119 Å². The number of carbonyl (C=O) groups is 2. The maximum absolute atomic E-state index is 15.1. The van der Waals surface area contributed by atoms with Gasteiger partial charge >= 0.3 is 5.97 Å². The van der Waals surface area contributed by atoms with Crippen LogP contribution in [0.3, 0.4) is 0 Å². The van der Waals surface area contributed by atoms with E-state index in [0.29, 0.717) is 38.8 Å². The summed E-state index contributed by atoms with van der Waals surface area (Å²) in [5, 5.41) is 7.96. The van der Waals surface area contributed by atoms with Crippen molar-refractivity contribution in [3.8, 4) is 34.0 Å². The fourth-order valence-electron chi connectivity index (χ4n) is 4.43. The summed E-state index contributed by atoms with van der Waals surface area (Å²) in [6, 6.07) is 25.7. The zero-order chi connectivity index (χ0) is 28.4. The number of nitrogens with zero attached hydrogens (tertiary/aromatic N) is 2. The molecule has 4 aromatic carbocycles. The van der Waals surface area contributed by atoms with E-state index >= 15 is 4.39 Å². The van der Waals surface area contributed by atoms with Gasteiger partial charge < -0.3 is 10.1 Å². The molecule has 0 aliphatic carbocycles. The highest BCUT2D eigenvalue weighted by atomic mass is 35.5. The number of ether oxygens (including phenoxy) is 1. The molecule has 0 unspecified atom stereocenters. The average Bonchev–Trinajstić information content (AvgIpc) is 3.29. The molecular formula is C32H25ClFN3O3. The average molecular weight is 554 g/mol. The molecule has 0 aliphatic heterocycles. The van der Waals surface area contributed by atoms with E-state index in [0.717, 1.165) is 11.1 Å². The number of nitrogens with one attached hydrogen (secondary N) is 1. The number of amides is 1. The van der Waals surface area contributed by atoms with Gasteiger partial charge in [0.25, 0.3) is 5.91 Å². The highest BCUT2D eigenvalue weighted by molar-refractivity contribution is 6.34. The molecule has 200 valence electrons. The van der Waals surface area contributed by atoms with Gasteiger partial charge in [-0.2, -0.15) is 9.78 Å². The van der Waals surface area contributed by atoms with Crippen molar-refractivity contribution in [2.75, 3.05) is 5.32 Å². The second-order valence-electron chi connectivity index (χ2n) is 9.24. The van der Waals surface area contributed by atoms with Crippen LogP contribution in [0.25, 0.3) is 28.1 Å². The van der Waals surface area contributed by atoms with Crippen molar-refractivity contribution >= 4 is 29.2 Å². The number of hydrogen-bond donors (Lipinski definition) is 1. The summed E-state index contributed by atoms with van der Waals surface area (Å²) in [6.45, 7) is 5.23. The largest absolute Gasteiger partial charge is 0.407 e. The Morgan fingerprint density at radius 1 is 0.900 bits per heavy atom. The van der Waals surface area contributed by atoms with Crippen molar-refractivity contribution in [2.45, 2.75) is 20.8 Å². The standard InChI is InChI=1S/C32H25ClFN3O3/c1-19-9-8-14-28(20(19)2)37-32(40-21(3)38)29(30(36-37)25-11-5-7-13-27(25)34)22-15-17-23(18-16-22)35-31(39)24-10-4-6-12-26(24)33/h4-18H,1-3H3,(H,35,39). The first-order valence-corrected chi connectivity index (χ1v) is 12.9. The van der Waals surface area contributed by atoms with Gasteiger partial charge in [0.1, 0.15) is 11.5 Å². The lowest BCUT2D eigenvalue weighted by Crippen LogP contribution is -2.12. The molecule has 1 heterocycles. The van der Waals surface area contributed by atoms with Gasteiger partial charge in [-0.05, 0) is 73.0 Å². The Balaban J connectivity index is 1.66. The van der Waals surface area contributed by atoms with Crippen molar-refractivity contribution in [1.82, 2.24) is 9.78 Å². The van der Waals surface area contributed by atoms with Gasteiger partial charge in [-0.3, -0.25) is 9.59 Å². The van der Waals surface area contributed by atoms with Crippen LogP contribution >= 0.6 is 11.6 Å². The minimum Gasteiger partial charge on any atom is -0.407 e. The third-order valence-electron chi connectivity index (χ3n) is 6.57. The summed E-state index contributed by atoms with van der Waals surface area (Å²) in [4.78, 5) is 25.0. The maximum atomic E-state index is 15.1. The number of rotatable bonds is 6. The molecule has 0 saturated carbocycles. The third kappa shape index (κ3) is 5.24. The van der Waals surface area contributed by atoms with E-state index in [9.17, 15) is 9.59 Å². The first kappa shape index (κ1) is 26.8. The number of carbonyl (C=O) groups excluding carboxylic acids is 2. The molecule has 5 rings (SSSR count). The Morgan fingerprint density at radius 2 is 1.60 bits per heavy atom. The second-order valence-corrected chi connectivity index (χ2v) is 9.65. The van der Waals surface area contributed by atoms with Crippen LogP contribution in [0.15, 0.2) is 91.0 Å². The molecule has 0 spiro atoms. The number of aryl methyl sites for hydroxylation is 1. The molecule has 5 aromatic rings. The van der Waals surface area contributed by atoms with Crippen LogP contribution in [0.4, 0.5) is 10.1 Å². The van der Waals surface area contributed by atoms with Crippen molar-refractivity contribution in [1.29, 1.82) is 0 Å². The predicted octanol–water partition coefficient (Wildman–Crippen LogP) is 7.79. The lowest BCUT2D eigenvalue weighted by atomic mass is 10.0. The number of benzene rings is 4. The van der Waals surface area contributed by atoms with E-state index in [4.69, 9.17) is 21.4 Å². The molecule has 40 heavy (non-hydrogen) atoms. The summed E-state index contributed by atoms with van der Waals surface area (Å²) in [6.07, 6.45) is 0. The summed E-state index contributed by atoms with van der Waals surface area (Å²) in [5.41, 5.74) is 5.14. The SMILES string of the molecule is CC(=O)Oc1c(-c2ccc(NC(=O)c3ccccc3Cl)cc2)c(-c2ccccc2F)nn1-c1cccc(C)c1C. The molecule has 8 heteroatoms. The van der Waals surface area contributed by atoms with Crippen LogP contribution in [-0.4, -0.2) is 21.7 Å². The Hall–Kier alpha value is -4.75. The molecule has 0 atom stereocenters. The topological polar surface area (TPSA) is 73.2 Å². The quantitative estimate of drug-likeness (QED) is 0.218. The van der Waals surface area contributed by atoms with Gasteiger partial charge in [0.2, 0.25) is 5.88 Å². The number of halogens is 2. The number of anilines is 1. The van der Waals surface area contributed by atoms with Gasteiger partial charge in [-0.1, -0.05) is 60.1 Å². The van der Waals surface area contributed by atoms with Crippen LogP contribution in [0.1, 0.15) is 28.4 Å². The Morgan fingerprint density at radius 3 is 2.30 bits per heavy atom. The number of esters is 1. The molecule has 1 N–H and O–H groups in total. The molecule has 0 saturated heterocycles. The van der Waals surface area contributed by atoms with Gasteiger partial charge in [0.15, 0.2) is 0 Å². The number of hydrogen-bond acceptors (Lipinski definition) is 4.